The summed E-state index contributed by atoms with van der Waals surface area (Å²) in [6, 6.07) is 15.0. The van der Waals surface area contributed by atoms with Gasteiger partial charge in [0, 0.05) is 38.4 Å². The number of methoxy groups -OCH3 is 1. The molecule has 1 heterocycles. The lowest BCUT2D eigenvalue weighted by atomic mass is 10.1. The fourth-order valence-corrected chi connectivity index (χ4v) is 4.36. The van der Waals surface area contributed by atoms with Gasteiger partial charge in [0.1, 0.15) is 18.1 Å². The van der Waals surface area contributed by atoms with Crippen LogP contribution in [0.2, 0.25) is 0 Å². The molecule has 0 bridgehead atoms. The summed E-state index contributed by atoms with van der Waals surface area (Å²) in [4.78, 5) is 16.7. The summed E-state index contributed by atoms with van der Waals surface area (Å²) in [7, 11) is 1.63. The van der Waals surface area contributed by atoms with Gasteiger partial charge >= 0.3 is 18.4 Å². The Labute approximate surface area is 233 Å². The van der Waals surface area contributed by atoms with E-state index in [0.29, 0.717) is 30.9 Å². The zero-order valence-corrected chi connectivity index (χ0v) is 22.2. The number of hydrogen-bond acceptors (Lipinski definition) is 4. The number of benzene rings is 3. The molecule has 0 atom stereocenters. The van der Waals surface area contributed by atoms with Crippen molar-refractivity contribution >= 4 is 11.7 Å². The summed E-state index contributed by atoms with van der Waals surface area (Å²) >= 11 is 0. The second kappa shape index (κ2) is 12.7. The van der Waals surface area contributed by atoms with E-state index in [4.69, 9.17) is 9.47 Å². The molecule has 2 amide bonds. The number of ether oxygens (including phenoxy) is 2. The highest BCUT2D eigenvalue weighted by Crippen LogP contribution is 2.36. The number of carbonyl (C=O) groups excluding carboxylic acids is 1. The Morgan fingerprint density at radius 1 is 0.780 bits per heavy atom. The predicted octanol–water partition coefficient (Wildman–Crippen LogP) is 6.70. The van der Waals surface area contributed by atoms with Crippen molar-refractivity contribution in [2.45, 2.75) is 25.4 Å². The van der Waals surface area contributed by atoms with Gasteiger partial charge in [-0.2, -0.15) is 26.3 Å². The summed E-state index contributed by atoms with van der Waals surface area (Å²) in [5, 5.41) is 2.80. The molecule has 1 N–H and O–H groups in total. The normalized spacial score (nSPS) is 14.6. The number of rotatable bonds is 8. The van der Waals surface area contributed by atoms with Crippen LogP contribution in [0.3, 0.4) is 0 Å². The van der Waals surface area contributed by atoms with Crippen LogP contribution in [0.5, 0.6) is 11.5 Å². The monoisotopic (exact) mass is 581 g/mol. The van der Waals surface area contributed by atoms with Gasteiger partial charge in [0.05, 0.1) is 18.2 Å². The maximum absolute atomic E-state index is 13.1. The number of nitrogens with one attached hydrogen (secondary N) is 1. The Balaban J connectivity index is 1.25. The fourth-order valence-electron chi connectivity index (χ4n) is 4.36. The lowest BCUT2D eigenvalue weighted by Crippen LogP contribution is -2.50. The molecule has 0 saturated carbocycles. The SMILES string of the molecule is COc1ccc(CCN2CCN(C(=O)Nc3ccc(OCc4cc(C(F)(F)F)cc(C(F)(F)F)c4)cc3)CC2)cc1. The predicted molar refractivity (Wildman–Crippen MR) is 141 cm³/mol. The average molecular weight is 582 g/mol. The van der Waals surface area contributed by atoms with Crippen molar-refractivity contribution in [2.75, 3.05) is 45.2 Å². The van der Waals surface area contributed by atoms with E-state index in [0.717, 1.165) is 31.8 Å². The van der Waals surface area contributed by atoms with Crippen LogP contribution in [0.25, 0.3) is 0 Å². The van der Waals surface area contributed by atoms with Gasteiger partial charge in [-0.05, 0) is 72.1 Å². The topological polar surface area (TPSA) is 54.0 Å². The van der Waals surface area contributed by atoms with Crippen LogP contribution in [0.4, 0.5) is 36.8 Å². The number of piperazine rings is 1. The third-order valence-electron chi connectivity index (χ3n) is 6.69. The number of urea groups is 1. The summed E-state index contributed by atoms with van der Waals surface area (Å²) in [6.45, 7) is 2.98. The van der Waals surface area contributed by atoms with Crippen LogP contribution in [-0.4, -0.2) is 55.7 Å². The van der Waals surface area contributed by atoms with Gasteiger partial charge in [-0.25, -0.2) is 4.79 Å². The smallest absolute Gasteiger partial charge is 0.416 e. The lowest BCUT2D eigenvalue weighted by Gasteiger charge is -2.34. The van der Waals surface area contributed by atoms with E-state index < -0.39 is 30.1 Å². The number of carbonyl (C=O) groups is 1. The fraction of sp³-hybridized carbons (Fsp3) is 0.345. The molecule has 220 valence electrons. The highest BCUT2D eigenvalue weighted by molar-refractivity contribution is 5.89. The maximum Gasteiger partial charge on any atom is 0.416 e. The Bertz CT molecular complexity index is 1270. The summed E-state index contributed by atoms with van der Waals surface area (Å²) < 4.78 is 89.0. The first-order chi connectivity index (χ1) is 19.4. The molecule has 41 heavy (non-hydrogen) atoms. The standard InChI is InChI=1S/C29H29F6N3O3/c1-40-25-6-2-20(3-7-25)10-11-37-12-14-38(15-13-37)27(39)36-24-4-8-26(9-5-24)41-19-21-16-22(28(30,31)32)18-23(17-21)29(33,34)35/h2-9,16-18H,10-15,19H2,1H3,(H,36,39). The van der Waals surface area contributed by atoms with E-state index in [1.165, 1.54) is 17.7 Å². The van der Waals surface area contributed by atoms with Crippen molar-refractivity contribution in [1.29, 1.82) is 0 Å². The molecule has 1 saturated heterocycles. The zero-order chi connectivity index (χ0) is 29.6. The number of alkyl halides is 6. The first-order valence-corrected chi connectivity index (χ1v) is 12.8. The van der Waals surface area contributed by atoms with Gasteiger partial charge in [-0.15, -0.1) is 0 Å². The number of halogens is 6. The van der Waals surface area contributed by atoms with E-state index in [-0.39, 0.29) is 23.4 Å². The van der Waals surface area contributed by atoms with Crippen molar-refractivity contribution in [3.8, 4) is 11.5 Å². The zero-order valence-electron chi connectivity index (χ0n) is 22.2. The minimum absolute atomic E-state index is 0.0728. The molecular weight excluding hydrogens is 552 g/mol. The van der Waals surface area contributed by atoms with Gasteiger partial charge in [0.15, 0.2) is 0 Å². The number of nitrogens with zero attached hydrogens (tertiary/aromatic N) is 2. The molecular formula is C29H29F6N3O3. The van der Waals surface area contributed by atoms with E-state index in [9.17, 15) is 31.1 Å². The van der Waals surface area contributed by atoms with Crippen molar-refractivity contribution in [3.63, 3.8) is 0 Å². The minimum atomic E-state index is -4.93. The number of amides is 2. The van der Waals surface area contributed by atoms with Gasteiger partial charge in [-0.1, -0.05) is 12.1 Å². The van der Waals surface area contributed by atoms with E-state index >= 15 is 0 Å². The Kier molecular flexibility index (Phi) is 9.31. The van der Waals surface area contributed by atoms with Gasteiger partial charge in [0.2, 0.25) is 0 Å². The third-order valence-corrected chi connectivity index (χ3v) is 6.69. The van der Waals surface area contributed by atoms with E-state index in [2.05, 4.69) is 10.2 Å². The number of anilines is 1. The molecule has 1 aliphatic heterocycles. The quantitative estimate of drug-likeness (QED) is 0.301. The molecule has 1 aliphatic rings. The van der Waals surface area contributed by atoms with Crippen molar-refractivity contribution < 1.29 is 40.6 Å². The third kappa shape index (κ3) is 8.53. The molecule has 12 heteroatoms. The second-order valence-corrected chi connectivity index (χ2v) is 9.58. The molecule has 0 aromatic heterocycles. The maximum atomic E-state index is 13.1. The highest BCUT2D eigenvalue weighted by atomic mass is 19.4. The van der Waals surface area contributed by atoms with Crippen LogP contribution in [0.1, 0.15) is 22.3 Å². The van der Waals surface area contributed by atoms with Crippen molar-refractivity contribution in [2.24, 2.45) is 0 Å². The van der Waals surface area contributed by atoms with Crippen LogP contribution in [-0.2, 0) is 25.4 Å². The molecule has 0 unspecified atom stereocenters. The van der Waals surface area contributed by atoms with E-state index in [1.807, 2.05) is 24.3 Å². The first-order valence-electron chi connectivity index (χ1n) is 12.8. The molecule has 0 spiro atoms. The first kappa shape index (κ1) is 30.0. The Morgan fingerprint density at radius 3 is 1.88 bits per heavy atom. The molecule has 4 rings (SSSR count). The van der Waals surface area contributed by atoms with Gasteiger partial charge in [0.25, 0.3) is 0 Å². The summed E-state index contributed by atoms with van der Waals surface area (Å²) in [5.41, 5.74) is -1.39. The van der Waals surface area contributed by atoms with Crippen LogP contribution in [0, 0.1) is 0 Å². The molecule has 3 aromatic rings. The van der Waals surface area contributed by atoms with E-state index in [1.54, 1.807) is 24.1 Å². The molecule has 1 fully saturated rings. The lowest BCUT2D eigenvalue weighted by molar-refractivity contribution is -0.143. The van der Waals surface area contributed by atoms with Gasteiger partial charge in [-0.3, -0.25) is 4.90 Å². The molecule has 0 aliphatic carbocycles. The average Bonchev–Trinajstić information content (AvgIpc) is 2.95. The van der Waals surface area contributed by atoms with Crippen LogP contribution in [0.15, 0.2) is 66.7 Å². The minimum Gasteiger partial charge on any atom is -0.497 e. The van der Waals surface area contributed by atoms with Crippen molar-refractivity contribution in [1.82, 2.24) is 9.80 Å². The Morgan fingerprint density at radius 2 is 1.34 bits per heavy atom. The molecule has 6 nitrogen and oxygen atoms in total. The molecule has 3 aromatic carbocycles. The van der Waals surface area contributed by atoms with Crippen LogP contribution >= 0.6 is 0 Å². The van der Waals surface area contributed by atoms with Crippen molar-refractivity contribution in [3.05, 3.63) is 89.0 Å². The second-order valence-electron chi connectivity index (χ2n) is 9.58. The largest absolute Gasteiger partial charge is 0.497 e. The summed E-state index contributed by atoms with van der Waals surface area (Å²) in [6.07, 6.45) is -8.97. The molecule has 0 radical (unpaired) electrons. The summed E-state index contributed by atoms with van der Waals surface area (Å²) in [5.74, 6) is 1.04. The Hall–Kier alpha value is -3.93. The highest BCUT2D eigenvalue weighted by Gasteiger charge is 2.37. The van der Waals surface area contributed by atoms with Gasteiger partial charge < -0.3 is 19.7 Å². The number of hydrogen-bond donors (Lipinski definition) is 1. The van der Waals surface area contributed by atoms with Crippen LogP contribution < -0.4 is 14.8 Å².